The third kappa shape index (κ3) is 2.69. The zero-order valence-electron chi connectivity index (χ0n) is 12.9. The monoisotopic (exact) mass is 365 g/mol. The van der Waals surface area contributed by atoms with Crippen LogP contribution in [0.2, 0.25) is 0 Å². The van der Waals surface area contributed by atoms with Gasteiger partial charge in [0.15, 0.2) is 5.76 Å². The summed E-state index contributed by atoms with van der Waals surface area (Å²) in [6.45, 7) is 0. The first-order chi connectivity index (χ1) is 12.4. The summed E-state index contributed by atoms with van der Waals surface area (Å²) < 4.78 is 7.64. The molecule has 4 heterocycles. The quantitative estimate of drug-likeness (QED) is 0.443. The smallest absolute Gasteiger partial charge is 0.235 e. The number of furan rings is 1. The molecule has 0 aliphatic carbocycles. The summed E-state index contributed by atoms with van der Waals surface area (Å²) in [5.41, 5.74) is 0.831. The van der Waals surface area contributed by atoms with Crippen LogP contribution in [0.1, 0.15) is 5.01 Å². The van der Waals surface area contributed by atoms with Gasteiger partial charge < -0.3 is 4.42 Å². The Bertz CT molecular complexity index is 1130. The Morgan fingerprint density at radius 3 is 2.84 bits per heavy atom. The highest BCUT2D eigenvalue weighted by Crippen LogP contribution is 2.29. The number of hydrogen-bond acceptors (Lipinski definition) is 7. The van der Waals surface area contributed by atoms with Crippen LogP contribution >= 0.6 is 23.1 Å². The van der Waals surface area contributed by atoms with Gasteiger partial charge in [0.25, 0.3) is 0 Å². The molecule has 0 saturated heterocycles. The molecule has 4 aromatic heterocycles. The van der Waals surface area contributed by atoms with Gasteiger partial charge in [-0.15, -0.1) is 22.0 Å². The number of fused-ring (bicyclic) bond motifs is 2. The molecule has 0 bridgehead atoms. The molecule has 122 valence electrons. The second-order valence-electron chi connectivity index (χ2n) is 5.33. The Balaban J connectivity index is 1.47. The molecule has 0 saturated carbocycles. The number of hydrogen-bond donors (Lipinski definition) is 0. The first-order valence-electron chi connectivity index (χ1n) is 7.60. The molecule has 0 N–H and O–H groups in total. The van der Waals surface area contributed by atoms with Gasteiger partial charge in [0.1, 0.15) is 10.6 Å². The van der Waals surface area contributed by atoms with Crippen LogP contribution in [0, 0.1) is 0 Å². The minimum Gasteiger partial charge on any atom is -0.453 e. The fourth-order valence-electron chi connectivity index (χ4n) is 2.54. The van der Waals surface area contributed by atoms with Crippen LogP contribution in [0.25, 0.3) is 27.5 Å². The maximum absolute atomic E-state index is 5.89. The molecule has 0 atom stereocenters. The molecule has 5 aromatic rings. The van der Waals surface area contributed by atoms with Crippen molar-refractivity contribution in [3.8, 4) is 11.6 Å². The summed E-state index contributed by atoms with van der Waals surface area (Å²) in [5, 5.41) is 15.1. The van der Waals surface area contributed by atoms with Gasteiger partial charge in [0, 0.05) is 22.7 Å². The third-order valence-corrected chi connectivity index (χ3v) is 5.80. The number of pyridine rings is 1. The molecule has 0 aliphatic rings. The lowest BCUT2D eigenvalue weighted by Gasteiger charge is -1.96. The Hall–Kier alpha value is -2.71. The van der Waals surface area contributed by atoms with Crippen LogP contribution in [0.15, 0.2) is 64.2 Å². The summed E-state index contributed by atoms with van der Waals surface area (Å²) >= 11 is 3.26. The van der Waals surface area contributed by atoms with E-state index in [1.807, 2.05) is 42.5 Å². The normalized spacial score (nSPS) is 11.5. The van der Waals surface area contributed by atoms with E-state index >= 15 is 0 Å². The maximum Gasteiger partial charge on any atom is 0.235 e. The second-order valence-corrected chi connectivity index (χ2v) is 7.42. The molecule has 0 aliphatic heterocycles. The van der Waals surface area contributed by atoms with E-state index in [0.29, 0.717) is 11.6 Å². The first-order valence-corrected chi connectivity index (χ1v) is 9.40. The van der Waals surface area contributed by atoms with E-state index < -0.39 is 0 Å². The van der Waals surface area contributed by atoms with E-state index in [2.05, 4.69) is 20.3 Å². The highest BCUT2D eigenvalue weighted by atomic mass is 32.2. The van der Waals surface area contributed by atoms with E-state index in [1.54, 1.807) is 28.7 Å². The number of nitrogens with zero attached hydrogens (tertiary/aromatic N) is 5. The van der Waals surface area contributed by atoms with Gasteiger partial charge in [0.05, 0.1) is 5.75 Å². The van der Waals surface area contributed by atoms with Gasteiger partial charge in [-0.1, -0.05) is 29.5 Å². The highest BCUT2D eigenvalue weighted by Gasteiger charge is 2.17. The molecular weight excluding hydrogens is 354 g/mol. The predicted octanol–water partition coefficient (Wildman–Crippen LogP) is 4.29. The van der Waals surface area contributed by atoms with E-state index in [9.17, 15) is 0 Å². The largest absolute Gasteiger partial charge is 0.453 e. The molecule has 0 radical (unpaired) electrons. The van der Waals surface area contributed by atoms with Gasteiger partial charge >= 0.3 is 0 Å². The number of rotatable bonds is 4. The summed E-state index contributed by atoms with van der Waals surface area (Å²) in [6.07, 6.45) is 3.58. The second kappa shape index (κ2) is 5.98. The van der Waals surface area contributed by atoms with E-state index in [4.69, 9.17) is 4.42 Å². The van der Waals surface area contributed by atoms with Gasteiger partial charge in [0.2, 0.25) is 10.8 Å². The average molecular weight is 365 g/mol. The molecule has 0 spiro atoms. The van der Waals surface area contributed by atoms with E-state index in [1.165, 1.54) is 16.2 Å². The lowest BCUT2D eigenvalue weighted by Crippen LogP contribution is -1.90. The topological polar surface area (TPSA) is 69.1 Å². The standard InChI is InChI=1S/C17H11N5OS2/c1-2-4-13-11(3-1)9-14(23-13)16-19-20-17-22(16)21-15(25-17)10-24-12-5-7-18-8-6-12/h1-9H,10H2. The van der Waals surface area contributed by atoms with Crippen LogP contribution in [0.3, 0.4) is 0 Å². The van der Waals surface area contributed by atoms with Crippen LogP contribution < -0.4 is 0 Å². The van der Waals surface area contributed by atoms with Crippen LogP contribution in [-0.4, -0.2) is 24.8 Å². The Morgan fingerprint density at radius 2 is 1.96 bits per heavy atom. The molecular formula is C17H11N5OS2. The summed E-state index contributed by atoms with van der Waals surface area (Å²) in [4.78, 5) is 5.96. The Labute approximate surface area is 150 Å². The molecule has 1 aromatic carbocycles. The van der Waals surface area contributed by atoms with Crippen LogP contribution in [0.4, 0.5) is 0 Å². The molecule has 5 rings (SSSR count). The van der Waals surface area contributed by atoms with Crippen molar-refractivity contribution in [3.05, 3.63) is 59.9 Å². The minimum atomic E-state index is 0.627. The maximum atomic E-state index is 5.89. The van der Waals surface area contributed by atoms with Crippen molar-refractivity contribution in [1.29, 1.82) is 0 Å². The fraction of sp³-hybridized carbons (Fsp3) is 0.0588. The fourth-order valence-corrected chi connectivity index (χ4v) is 4.24. The summed E-state index contributed by atoms with van der Waals surface area (Å²) in [7, 11) is 0. The average Bonchev–Trinajstić information content (AvgIpc) is 3.33. The Kier molecular flexibility index (Phi) is 3.50. The SMILES string of the molecule is c1ccc2oc(-c3nnc4sc(CSc5ccncc5)nn34)cc2c1. The molecule has 0 unspecified atom stereocenters. The summed E-state index contributed by atoms with van der Waals surface area (Å²) in [6, 6.07) is 13.8. The van der Waals surface area contributed by atoms with Crippen LogP contribution in [0.5, 0.6) is 0 Å². The van der Waals surface area contributed by atoms with E-state index in [0.717, 1.165) is 26.7 Å². The number of para-hydroxylation sites is 1. The van der Waals surface area contributed by atoms with Crippen molar-refractivity contribution in [2.24, 2.45) is 0 Å². The minimum absolute atomic E-state index is 0.627. The van der Waals surface area contributed by atoms with Crippen molar-refractivity contribution < 1.29 is 4.42 Å². The molecule has 0 amide bonds. The van der Waals surface area contributed by atoms with Crippen LogP contribution in [-0.2, 0) is 5.75 Å². The van der Waals surface area contributed by atoms with Crippen molar-refractivity contribution in [2.75, 3.05) is 0 Å². The Morgan fingerprint density at radius 1 is 1.08 bits per heavy atom. The predicted molar refractivity (Wildman–Crippen MR) is 97.7 cm³/mol. The van der Waals surface area contributed by atoms with Gasteiger partial charge in [-0.2, -0.15) is 9.61 Å². The zero-order chi connectivity index (χ0) is 16.6. The summed E-state index contributed by atoms with van der Waals surface area (Å²) in [5.74, 6) is 2.08. The highest BCUT2D eigenvalue weighted by molar-refractivity contribution is 7.98. The number of aromatic nitrogens is 5. The van der Waals surface area contributed by atoms with Gasteiger partial charge in [-0.05, 0) is 24.3 Å². The molecule has 8 heteroatoms. The molecule has 0 fully saturated rings. The lowest BCUT2D eigenvalue weighted by molar-refractivity contribution is 0.621. The van der Waals surface area contributed by atoms with Crippen molar-refractivity contribution in [3.63, 3.8) is 0 Å². The molecule has 6 nitrogen and oxygen atoms in total. The number of benzene rings is 1. The van der Waals surface area contributed by atoms with Crippen molar-refractivity contribution in [2.45, 2.75) is 10.6 Å². The lowest BCUT2D eigenvalue weighted by atomic mass is 10.2. The third-order valence-electron chi connectivity index (χ3n) is 3.69. The van der Waals surface area contributed by atoms with Crippen molar-refractivity contribution in [1.82, 2.24) is 24.8 Å². The van der Waals surface area contributed by atoms with Gasteiger partial charge in [-0.3, -0.25) is 4.98 Å². The molecule has 25 heavy (non-hydrogen) atoms. The van der Waals surface area contributed by atoms with Gasteiger partial charge in [-0.25, -0.2) is 0 Å². The zero-order valence-corrected chi connectivity index (χ0v) is 14.5. The number of thioether (sulfide) groups is 1. The van der Waals surface area contributed by atoms with E-state index in [-0.39, 0.29) is 0 Å². The van der Waals surface area contributed by atoms with Crippen molar-refractivity contribution >= 4 is 39.0 Å². The first kappa shape index (κ1) is 14.6.